The Balaban J connectivity index is 2.32. The van der Waals surface area contributed by atoms with E-state index in [-0.39, 0.29) is 5.84 Å². The number of rotatable bonds is 6. The van der Waals surface area contributed by atoms with Gasteiger partial charge in [0.1, 0.15) is 5.84 Å². The molecule has 0 aromatic heterocycles. The molecule has 21 heavy (non-hydrogen) atoms. The van der Waals surface area contributed by atoms with Crippen LogP contribution in [0.1, 0.15) is 51.5 Å². The van der Waals surface area contributed by atoms with E-state index in [0.29, 0.717) is 17.0 Å². The summed E-state index contributed by atoms with van der Waals surface area (Å²) in [6.07, 6.45) is 6.21. The first-order valence-electron chi connectivity index (χ1n) is 7.89. The van der Waals surface area contributed by atoms with Gasteiger partial charge in [-0.2, -0.15) is 0 Å². The fraction of sp³-hybridized carbons (Fsp3) is 0.588. The Bertz CT molecular complexity index is 493. The second kappa shape index (κ2) is 7.17. The molecule has 0 amide bonds. The van der Waals surface area contributed by atoms with E-state index in [1.165, 1.54) is 25.7 Å². The number of nitrogens with one attached hydrogen (secondary N) is 1. The number of amidine groups is 1. The van der Waals surface area contributed by atoms with Gasteiger partial charge < -0.3 is 10.6 Å². The molecule has 1 aromatic carbocycles. The van der Waals surface area contributed by atoms with Crippen LogP contribution in [0.15, 0.2) is 18.2 Å². The van der Waals surface area contributed by atoms with E-state index in [1.807, 2.05) is 18.2 Å². The fourth-order valence-corrected chi connectivity index (χ4v) is 3.26. The maximum absolute atomic E-state index is 7.85. The topological polar surface area (TPSA) is 53.1 Å². The highest BCUT2D eigenvalue weighted by atomic mass is 35.5. The molecule has 1 fully saturated rings. The summed E-state index contributed by atoms with van der Waals surface area (Å²) in [6.45, 7) is 5.52. The Hall–Kier alpha value is -1.22. The quantitative estimate of drug-likeness (QED) is 0.604. The molecule has 0 saturated heterocycles. The van der Waals surface area contributed by atoms with Gasteiger partial charge in [0.05, 0.1) is 0 Å². The van der Waals surface area contributed by atoms with Crippen LogP contribution >= 0.6 is 11.6 Å². The molecule has 0 atom stereocenters. The smallest absolute Gasteiger partial charge is 0.124 e. The number of nitrogen functional groups attached to an aromatic ring is 1. The Morgan fingerprint density at radius 3 is 2.62 bits per heavy atom. The number of benzene rings is 1. The number of hydrogen-bond acceptors (Lipinski definition) is 2. The van der Waals surface area contributed by atoms with Gasteiger partial charge in [-0.3, -0.25) is 5.41 Å². The van der Waals surface area contributed by atoms with Crippen LogP contribution in [0.4, 0.5) is 5.69 Å². The highest BCUT2D eigenvalue weighted by molar-refractivity contribution is 6.31. The lowest BCUT2D eigenvalue weighted by Gasteiger charge is -2.33. The van der Waals surface area contributed by atoms with Crippen molar-refractivity contribution in [1.82, 2.24) is 0 Å². The lowest BCUT2D eigenvalue weighted by molar-refractivity contribution is 0.528. The molecule has 0 spiro atoms. The van der Waals surface area contributed by atoms with E-state index >= 15 is 0 Å². The third kappa shape index (κ3) is 4.13. The fourth-order valence-electron chi connectivity index (χ4n) is 3.09. The molecule has 2 rings (SSSR count). The molecule has 1 aromatic rings. The lowest BCUT2D eigenvalue weighted by atomic mass is 10.0. The highest BCUT2D eigenvalue weighted by Crippen LogP contribution is 2.32. The van der Waals surface area contributed by atoms with Gasteiger partial charge in [0.2, 0.25) is 0 Å². The van der Waals surface area contributed by atoms with Gasteiger partial charge >= 0.3 is 0 Å². The third-order valence-electron chi connectivity index (χ3n) is 4.27. The minimum absolute atomic E-state index is 0.0973. The first-order valence-corrected chi connectivity index (χ1v) is 8.27. The monoisotopic (exact) mass is 307 g/mol. The first kappa shape index (κ1) is 16.2. The summed E-state index contributed by atoms with van der Waals surface area (Å²) in [5, 5.41) is 8.48. The van der Waals surface area contributed by atoms with E-state index < -0.39 is 0 Å². The largest absolute Gasteiger partial charge is 0.384 e. The molecular formula is C17H26ClN3. The van der Waals surface area contributed by atoms with Crippen molar-refractivity contribution in [3.05, 3.63) is 28.8 Å². The van der Waals surface area contributed by atoms with Crippen molar-refractivity contribution in [2.45, 2.75) is 52.0 Å². The van der Waals surface area contributed by atoms with Crippen LogP contribution in [0.2, 0.25) is 5.02 Å². The van der Waals surface area contributed by atoms with Crippen molar-refractivity contribution in [2.75, 3.05) is 11.4 Å². The van der Waals surface area contributed by atoms with Crippen LogP contribution < -0.4 is 10.6 Å². The molecule has 3 N–H and O–H groups in total. The van der Waals surface area contributed by atoms with Crippen LogP contribution in [0, 0.1) is 11.3 Å². The molecule has 116 valence electrons. The molecule has 0 heterocycles. The average molecular weight is 308 g/mol. The number of anilines is 1. The van der Waals surface area contributed by atoms with Crippen LogP contribution in [0.25, 0.3) is 0 Å². The highest BCUT2D eigenvalue weighted by Gasteiger charge is 2.25. The van der Waals surface area contributed by atoms with Crippen molar-refractivity contribution < 1.29 is 0 Å². The standard InChI is InChI=1S/C17H26ClN3/c1-12(2)9-10-21(14-5-3-4-6-14)16-8-7-13(18)11-15(16)17(19)20/h7-8,11-12,14H,3-6,9-10H2,1-2H3,(H3,19,20). The molecule has 0 radical (unpaired) electrons. The van der Waals surface area contributed by atoms with Crippen molar-refractivity contribution in [2.24, 2.45) is 11.7 Å². The third-order valence-corrected chi connectivity index (χ3v) is 4.51. The van der Waals surface area contributed by atoms with Crippen LogP contribution in [-0.4, -0.2) is 18.4 Å². The molecule has 1 saturated carbocycles. The van der Waals surface area contributed by atoms with E-state index in [1.54, 1.807) is 0 Å². The molecule has 3 nitrogen and oxygen atoms in total. The Morgan fingerprint density at radius 1 is 1.38 bits per heavy atom. The van der Waals surface area contributed by atoms with Crippen LogP contribution in [-0.2, 0) is 0 Å². The average Bonchev–Trinajstić information content (AvgIpc) is 2.93. The molecule has 0 bridgehead atoms. The first-order chi connectivity index (χ1) is 9.99. The van der Waals surface area contributed by atoms with Crippen molar-refractivity contribution in [3.8, 4) is 0 Å². The summed E-state index contributed by atoms with van der Waals surface area (Å²) in [4.78, 5) is 2.46. The number of hydrogen-bond donors (Lipinski definition) is 2. The summed E-state index contributed by atoms with van der Waals surface area (Å²) in [5.41, 5.74) is 7.60. The number of nitrogens with zero attached hydrogens (tertiary/aromatic N) is 1. The SMILES string of the molecule is CC(C)CCN(c1ccc(Cl)cc1C(=N)N)C1CCCC1. The van der Waals surface area contributed by atoms with Gasteiger partial charge in [0.25, 0.3) is 0 Å². The lowest BCUT2D eigenvalue weighted by Crippen LogP contribution is -2.36. The molecule has 4 heteroatoms. The zero-order chi connectivity index (χ0) is 15.4. The van der Waals surface area contributed by atoms with E-state index in [2.05, 4.69) is 18.7 Å². The van der Waals surface area contributed by atoms with Gasteiger partial charge in [-0.15, -0.1) is 0 Å². The second-order valence-corrected chi connectivity index (χ2v) is 6.83. The Morgan fingerprint density at radius 2 is 2.05 bits per heavy atom. The van der Waals surface area contributed by atoms with Crippen molar-refractivity contribution in [1.29, 1.82) is 5.41 Å². The summed E-state index contributed by atoms with van der Waals surface area (Å²) >= 11 is 6.08. The molecule has 0 aliphatic heterocycles. The minimum atomic E-state index is 0.0973. The number of halogens is 1. The predicted molar refractivity (Wildman–Crippen MR) is 91.5 cm³/mol. The van der Waals surface area contributed by atoms with Gasteiger partial charge in [-0.1, -0.05) is 38.3 Å². The summed E-state index contributed by atoms with van der Waals surface area (Å²) in [5.74, 6) is 0.766. The molecule has 0 unspecified atom stereocenters. The minimum Gasteiger partial charge on any atom is -0.384 e. The maximum atomic E-state index is 7.85. The normalized spacial score (nSPS) is 15.6. The zero-order valence-electron chi connectivity index (χ0n) is 13.0. The molecular weight excluding hydrogens is 282 g/mol. The van der Waals surface area contributed by atoms with Crippen LogP contribution in [0.5, 0.6) is 0 Å². The zero-order valence-corrected chi connectivity index (χ0v) is 13.8. The van der Waals surface area contributed by atoms with Gasteiger partial charge in [0, 0.05) is 28.9 Å². The summed E-state index contributed by atoms with van der Waals surface area (Å²) in [7, 11) is 0. The summed E-state index contributed by atoms with van der Waals surface area (Å²) in [6, 6.07) is 6.32. The molecule has 1 aliphatic rings. The summed E-state index contributed by atoms with van der Waals surface area (Å²) < 4.78 is 0. The van der Waals surface area contributed by atoms with Gasteiger partial charge in [-0.25, -0.2) is 0 Å². The Kier molecular flexibility index (Phi) is 5.51. The predicted octanol–water partition coefficient (Wildman–Crippen LogP) is 4.42. The van der Waals surface area contributed by atoms with Gasteiger partial charge in [0.15, 0.2) is 0 Å². The maximum Gasteiger partial charge on any atom is 0.124 e. The Labute approximate surface area is 133 Å². The van der Waals surface area contributed by atoms with Crippen LogP contribution in [0.3, 0.4) is 0 Å². The van der Waals surface area contributed by atoms with Crippen molar-refractivity contribution >= 4 is 23.1 Å². The van der Waals surface area contributed by atoms with E-state index in [9.17, 15) is 0 Å². The van der Waals surface area contributed by atoms with E-state index in [4.69, 9.17) is 22.7 Å². The number of nitrogens with two attached hydrogens (primary N) is 1. The van der Waals surface area contributed by atoms with E-state index in [0.717, 1.165) is 24.2 Å². The van der Waals surface area contributed by atoms with Crippen molar-refractivity contribution in [3.63, 3.8) is 0 Å². The molecule has 1 aliphatic carbocycles. The van der Waals surface area contributed by atoms with Gasteiger partial charge in [-0.05, 0) is 43.4 Å². The second-order valence-electron chi connectivity index (χ2n) is 6.39.